The zero-order valence-electron chi connectivity index (χ0n) is 12.3. The minimum absolute atomic E-state index is 0.0750. The fourth-order valence-corrected chi connectivity index (χ4v) is 2.61. The summed E-state index contributed by atoms with van der Waals surface area (Å²) < 4.78 is 0. The number of aliphatic hydroxyl groups excluding tert-OH is 1. The van der Waals surface area contributed by atoms with Crippen LogP contribution in [0.15, 0.2) is 30.3 Å². The van der Waals surface area contributed by atoms with Crippen LogP contribution in [0.5, 0.6) is 0 Å². The average molecular weight is 275 g/mol. The van der Waals surface area contributed by atoms with Gasteiger partial charge in [0.05, 0.1) is 6.61 Å². The van der Waals surface area contributed by atoms with E-state index in [0.717, 1.165) is 6.42 Å². The number of benzene rings is 1. The Bertz CT molecular complexity index is 428. The predicted octanol–water partition coefficient (Wildman–Crippen LogP) is 2.53. The summed E-state index contributed by atoms with van der Waals surface area (Å²) in [5.41, 5.74) is 0.897. The summed E-state index contributed by atoms with van der Waals surface area (Å²) in [6.45, 7) is 2.62. The van der Waals surface area contributed by atoms with Gasteiger partial charge in [-0.2, -0.15) is 0 Å². The van der Waals surface area contributed by atoms with Crippen LogP contribution in [0.3, 0.4) is 0 Å². The summed E-state index contributed by atoms with van der Waals surface area (Å²) in [7, 11) is 0. The highest BCUT2D eigenvalue weighted by molar-refractivity contribution is 5.76. The Hall–Kier alpha value is -1.35. The van der Waals surface area contributed by atoms with E-state index >= 15 is 0 Å². The van der Waals surface area contributed by atoms with E-state index in [4.69, 9.17) is 0 Å². The van der Waals surface area contributed by atoms with Crippen molar-refractivity contribution in [1.82, 2.24) is 5.32 Å². The van der Waals surface area contributed by atoms with Crippen molar-refractivity contribution in [2.45, 2.75) is 39.0 Å². The van der Waals surface area contributed by atoms with Crippen LogP contribution in [-0.4, -0.2) is 24.2 Å². The number of hydrogen-bond donors (Lipinski definition) is 2. The summed E-state index contributed by atoms with van der Waals surface area (Å²) in [6.07, 6.45) is 5.06. The fourth-order valence-electron chi connectivity index (χ4n) is 2.61. The normalized spacial score (nSPS) is 18.1. The highest BCUT2D eigenvalue weighted by Gasteiger charge is 2.26. The molecule has 1 saturated carbocycles. The molecule has 3 nitrogen and oxygen atoms in total. The van der Waals surface area contributed by atoms with Crippen molar-refractivity contribution in [3.8, 4) is 0 Å². The Labute approximate surface area is 121 Å². The largest absolute Gasteiger partial charge is 0.396 e. The summed E-state index contributed by atoms with van der Waals surface area (Å²) in [5.74, 6) is 0.715. The summed E-state index contributed by atoms with van der Waals surface area (Å²) >= 11 is 0. The lowest BCUT2D eigenvalue weighted by atomic mass is 9.82. The molecule has 0 unspecified atom stereocenters. The van der Waals surface area contributed by atoms with Crippen LogP contribution in [0.4, 0.5) is 0 Å². The average Bonchev–Trinajstić information content (AvgIpc) is 2.42. The molecule has 1 aromatic carbocycles. The topological polar surface area (TPSA) is 49.3 Å². The minimum Gasteiger partial charge on any atom is -0.396 e. The third-order valence-electron chi connectivity index (χ3n) is 4.27. The smallest absolute Gasteiger partial charge is 0.220 e. The molecule has 1 amide bonds. The Morgan fingerprint density at radius 1 is 1.35 bits per heavy atom. The lowest BCUT2D eigenvalue weighted by Crippen LogP contribution is -2.40. The van der Waals surface area contributed by atoms with Gasteiger partial charge in [0.1, 0.15) is 0 Å². The number of carbonyl (C=O) groups is 1. The van der Waals surface area contributed by atoms with Crippen molar-refractivity contribution in [2.75, 3.05) is 13.2 Å². The Balaban J connectivity index is 1.81. The number of aliphatic hydroxyl groups is 1. The Morgan fingerprint density at radius 3 is 2.60 bits per heavy atom. The van der Waals surface area contributed by atoms with E-state index in [1.54, 1.807) is 0 Å². The third-order valence-corrected chi connectivity index (χ3v) is 4.27. The van der Waals surface area contributed by atoms with E-state index in [0.29, 0.717) is 18.9 Å². The number of hydrogen-bond acceptors (Lipinski definition) is 2. The second-order valence-corrected chi connectivity index (χ2v) is 6.41. The van der Waals surface area contributed by atoms with Crippen molar-refractivity contribution in [3.05, 3.63) is 35.9 Å². The zero-order chi connectivity index (χ0) is 14.4. The molecule has 1 aromatic rings. The molecule has 0 saturated heterocycles. The van der Waals surface area contributed by atoms with Crippen LogP contribution in [0.1, 0.15) is 38.2 Å². The van der Waals surface area contributed by atoms with Gasteiger partial charge >= 0.3 is 0 Å². The second kappa shape index (κ2) is 6.89. The molecule has 3 heteroatoms. The molecule has 1 aliphatic rings. The summed E-state index contributed by atoms with van der Waals surface area (Å²) in [6, 6.07) is 10.1. The second-order valence-electron chi connectivity index (χ2n) is 6.41. The molecule has 0 bridgehead atoms. The first kappa shape index (κ1) is 15.0. The molecule has 0 heterocycles. The molecule has 1 fully saturated rings. The Morgan fingerprint density at radius 2 is 2.05 bits per heavy atom. The standard InChI is InChI=1S/C17H25NO2/c1-17(13-19,11-15-6-3-2-4-7-15)12-18-16(20)10-14-8-5-9-14/h2-4,6-7,14,19H,5,8-13H2,1H3,(H,18,20)/t17-/m1/s1. The molecular formula is C17H25NO2. The first-order valence-electron chi connectivity index (χ1n) is 7.53. The van der Waals surface area contributed by atoms with Gasteiger partial charge < -0.3 is 10.4 Å². The first-order valence-corrected chi connectivity index (χ1v) is 7.53. The van der Waals surface area contributed by atoms with Crippen LogP contribution >= 0.6 is 0 Å². The summed E-state index contributed by atoms with van der Waals surface area (Å²) in [4.78, 5) is 11.9. The van der Waals surface area contributed by atoms with Crippen LogP contribution in [0, 0.1) is 11.3 Å². The number of amides is 1. The van der Waals surface area contributed by atoms with Gasteiger partial charge in [0.25, 0.3) is 0 Å². The molecule has 0 spiro atoms. The van der Waals surface area contributed by atoms with Crippen LogP contribution < -0.4 is 5.32 Å². The van der Waals surface area contributed by atoms with E-state index in [2.05, 4.69) is 17.4 Å². The number of nitrogens with one attached hydrogen (secondary N) is 1. The van der Waals surface area contributed by atoms with Gasteiger partial charge in [-0.1, -0.05) is 43.7 Å². The summed E-state index contributed by atoms with van der Waals surface area (Å²) in [5, 5.41) is 12.6. The van der Waals surface area contributed by atoms with E-state index in [1.807, 2.05) is 25.1 Å². The van der Waals surface area contributed by atoms with Crippen LogP contribution in [0.25, 0.3) is 0 Å². The van der Waals surface area contributed by atoms with Crippen molar-refractivity contribution in [1.29, 1.82) is 0 Å². The maximum atomic E-state index is 11.9. The van der Waals surface area contributed by atoms with E-state index < -0.39 is 0 Å². The van der Waals surface area contributed by atoms with Crippen molar-refractivity contribution >= 4 is 5.91 Å². The number of rotatable bonds is 7. The zero-order valence-corrected chi connectivity index (χ0v) is 12.3. The highest BCUT2D eigenvalue weighted by atomic mass is 16.3. The number of carbonyl (C=O) groups excluding carboxylic acids is 1. The molecule has 2 rings (SSSR count). The monoisotopic (exact) mass is 275 g/mol. The molecule has 110 valence electrons. The van der Waals surface area contributed by atoms with Gasteiger partial charge in [-0.05, 0) is 30.7 Å². The molecule has 0 radical (unpaired) electrons. The fraction of sp³-hybridized carbons (Fsp3) is 0.588. The van der Waals surface area contributed by atoms with E-state index in [1.165, 1.54) is 24.8 Å². The first-order chi connectivity index (χ1) is 9.61. The predicted molar refractivity (Wildman–Crippen MR) is 80.3 cm³/mol. The van der Waals surface area contributed by atoms with Crippen LogP contribution in [0.2, 0.25) is 0 Å². The van der Waals surface area contributed by atoms with Crippen molar-refractivity contribution in [3.63, 3.8) is 0 Å². The lowest BCUT2D eigenvalue weighted by Gasteiger charge is -2.29. The van der Waals surface area contributed by atoms with Gasteiger partial charge in [0.2, 0.25) is 5.91 Å². The van der Waals surface area contributed by atoms with Gasteiger partial charge in [0.15, 0.2) is 0 Å². The van der Waals surface area contributed by atoms with E-state index in [-0.39, 0.29) is 17.9 Å². The molecule has 0 aromatic heterocycles. The molecular weight excluding hydrogens is 250 g/mol. The quantitative estimate of drug-likeness (QED) is 0.803. The van der Waals surface area contributed by atoms with Gasteiger partial charge in [-0.25, -0.2) is 0 Å². The lowest BCUT2D eigenvalue weighted by molar-refractivity contribution is -0.123. The van der Waals surface area contributed by atoms with Crippen LogP contribution in [-0.2, 0) is 11.2 Å². The van der Waals surface area contributed by atoms with Gasteiger partial charge in [-0.15, -0.1) is 0 Å². The molecule has 0 aliphatic heterocycles. The van der Waals surface area contributed by atoms with E-state index in [9.17, 15) is 9.90 Å². The molecule has 2 N–H and O–H groups in total. The van der Waals surface area contributed by atoms with Gasteiger partial charge in [-0.3, -0.25) is 4.79 Å². The molecule has 1 atom stereocenters. The van der Waals surface area contributed by atoms with Crippen molar-refractivity contribution < 1.29 is 9.90 Å². The maximum Gasteiger partial charge on any atom is 0.220 e. The van der Waals surface area contributed by atoms with Gasteiger partial charge in [0, 0.05) is 18.4 Å². The minimum atomic E-state index is -0.295. The molecule has 20 heavy (non-hydrogen) atoms. The molecule has 1 aliphatic carbocycles. The maximum absolute atomic E-state index is 11.9. The highest BCUT2D eigenvalue weighted by Crippen LogP contribution is 2.29. The SMILES string of the molecule is C[C@](CO)(CNC(=O)CC1CCC1)Cc1ccccc1. The van der Waals surface area contributed by atoms with Crippen molar-refractivity contribution in [2.24, 2.45) is 11.3 Å². The third kappa shape index (κ3) is 4.34. The Kier molecular flexibility index (Phi) is 5.18.